The molecular weight excluding hydrogens is 414 g/mol. The summed E-state index contributed by atoms with van der Waals surface area (Å²) in [6, 6.07) is 22.3. The van der Waals surface area contributed by atoms with Crippen LogP contribution in [0, 0.1) is 6.92 Å². The average molecular weight is 444 g/mol. The SMILES string of the molecule is Cc1ccccc1CN1CCCN(c2cccc(C(=O)Nc3cccc(C(C)O)c3)c2)C1=O. The Balaban J connectivity index is 1.49. The molecule has 170 valence electrons. The third kappa shape index (κ3) is 5.23. The summed E-state index contributed by atoms with van der Waals surface area (Å²) in [6.45, 7) is 5.64. The fourth-order valence-electron chi connectivity index (χ4n) is 4.06. The van der Waals surface area contributed by atoms with Crippen molar-refractivity contribution in [3.05, 3.63) is 95.1 Å². The number of hydrogen-bond acceptors (Lipinski definition) is 3. The van der Waals surface area contributed by atoms with Crippen molar-refractivity contribution in [3.8, 4) is 0 Å². The van der Waals surface area contributed by atoms with Crippen molar-refractivity contribution < 1.29 is 14.7 Å². The second kappa shape index (κ2) is 9.88. The number of hydrogen-bond donors (Lipinski definition) is 2. The number of nitrogens with zero attached hydrogens (tertiary/aromatic N) is 2. The number of benzene rings is 3. The number of aryl methyl sites for hydroxylation is 1. The zero-order valence-electron chi connectivity index (χ0n) is 19.0. The standard InChI is InChI=1S/C27H29N3O3/c1-19-8-3-4-9-23(19)18-29-14-7-15-30(27(29)33)25-13-6-11-22(17-25)26(32)28-24-12-5-10-21(16-24)20(2)31/h3-6,8-13,16-17,20,31H,7,14-15,18H2,1-2H3,(H,28,32). The lowest BCUT2D eigenvalue weighted by molar-refractivity contribution is 0.102. The molecule has 2 N–H and O–H groups in total. The number of anilines is 2. The van der Waals surface area contributed by atoms with E-state index in [-0.39, 0.29) is 11.9 Å². The highest BCUT2D eigenvalue weighted by Gasteiger charge is 2.27. The van der Waals surface area contributed by atoms with Crippen LogP contribution in [0.3, 0.4) is 0 Å². The van der Waals surface area contributed by atoms with E-state index in [0.29, 0.717) is 36.6 Å². The Kier molecular flexibility index (Phi) is 6.75. The average Bonchev–Trinajstić information content (AvgIpc) is 2.82. The maximum absolute atomic E-state index is 13.2. The molecule has 4 rings (SSSR count). The summed E-state index contributed by atoms with van der Waals surface area (Å²) in [7, 11) is 0. The monoisotopic (exact) mass is 443 g/mol. The second-order valence-electron chi connectivity index (χ2n) is 8.44. The topological polar surface area (TPSA) is 72.9 Å². The fraction of sp³-hybridized carbons (Fsp3) is 0.259. The van der Waals surface area contributed by atoms with Gasteiger partial charge >= 0.3 is 6.03 Å². The Labute approximate surface area is 194 Å². The van der Waals surface area contributed by atoms with E-state index >= 15 is 0 Å². The number of carbonyl (C=O) groups is 2. The predicted molar refractivity (Wildman–Crippen MR) is 130 cm³/mol. The highest BCUT2D eigenvalue weighted by Crippen LogP contribution is 2.24. The Hall–Kier alpha value is -3.64. The van der Waals surface area contributed by atoms with Gasteiger partial charge in [0.25, 0.3) is 5.91 Å². The second-order valence-corrected chi connectivity index (χ2v) is 8.44. The number of amides is 3. The van der Waals surface area contributed by atoms with Gasteiger partial charge in [0, 0.05) is 36.6 Å². The molecule has 0 bridgehead atoms. The van der Waals surface area contributed by atoms with Crippen molar-refractivity contribution in [2.75, 3.05) is 23.3 Å². The molecule has 0 saturated carbocycles. The first-order valence-electron chi connectivity index (χ1n) is 11.2. The summed E-state index contributed by atoms with van der Waals surface area (Å²) >= 11 is 0. The van der Waals surface area contributed by atoms with Crippen molar-refractivity contribution >= 4 is 23.3 Å². The van der Waals surface area contributed by atoms with E-state index in [1.807, 2.05) is 29.2 Å². The first-order chi connectivity index (χ1) is 15.9. The maximum Gasteiger partial charge on any atom is 0.324 e. The van der Waals surface area contributed by atoms with Gasteiger partial charge in [0.15, 0.2) is 0 Å². The van der Waals surface area contributed by atoms with Gasteiger partial charge in [-0.15, -0.1) is 0 Å². The molecule has 0 radical (unpaired) electrons. The number of carbonyl (C=O) groups excluding carboxylic acids is 2. The Morgan fingerprint density at radius 3 is 2.61 bits per heavy atom. The number of rotatable bonds is 6. The van der Waals surface area contributed by atoms with Gasteiger partial charge in [-0.25, -0.2) is 4.79 Å². The van der Waals surface area contributed by atoms with Crippen LogP contribution in [-0.2, 0) is 6.54 Å². The molecule has 1 heterocycles. The molecule has 1 atom stereocenters. The van der Waals surface area contributed by atoms with Crippen molar-refractivity contribution in [2.45, 2.75) is 32.9 Å². The van der Waals surface area contributed by atoms with Crippen LogP contribution in [0.25, 0.3) is 0 Å². The van der Waals surface area contributed by atoms with E-state index < -0.39 is 6.10 Å². The Morgan fingerprint density at radius 1 is 1.03 bits per heavy atom. The van der Waals surface area contributed by atoms with Gasteiger partial charge in [-0.2, -0.15) is 0 Å². The van der Waals surface area contributed by atoms with Crippen LogP contribution in [0.5, 0.6) is 0 Å². The van der Waals surface area contributed by atoms with Gasteiger partial charge in [0.05, 0.1) is 6.10 Å². The highest BCUT2D eigenvalue weighted by atomic mass is 16.3. The van der Waals surface area contributed by atoms with E-state index in [0.717, 1.165) is 17.5 Å². The van der Waals surface area contributed by atoms with Crippen LogP contribution in [0.4, 0.5) is 16.2 Å². The molecule has 3 amide bonds. The minimum absolute atomic E-state index is 0.0494. The molecule has 0 aromatic heterocycles. The third-order valence-corrected chi connectivity index (χ3v) is 5.98. The van der Waals surface area contributed by atoms with Crippen molar-refractivity contribution in [3.63, 3.8) is 0 Å². The highest BCUT2D eigenvalue weighted by molar-refractivity contribution is 6.05. The van der Waals surface area contributed by atoms with Gasteiger partial charge in [0.2, 0.25) is 0 Å². The van der Waals surface area contributed by atoms with Gasteiger partial charge < -0.3 is 15.3 Å². The fourth-order valence-corrected chi connectivity index (χ4v) is 4.06. The lowest BCUT2D eigenvalue weighted by Gasteiger charge is -2.36. The molecule has 1 fully saturated rings. The molecule has 1 aliphatic heterocycles. The molecule has 1 aliphatic rings. The summed E-state index contributed by atoms with van der Waals surface area (Å²) in [4.78, 5) is 29.7. The molecule has 0 aliphatic carbocycles. The smallest absolute Gasteiger partial charge is 0.324 e. The zero-order valence-corrected chi connectivity index (χ0v) is 19.0. The van der Waals surface area contributed by atoms with Gasteiger partial charge in [-0.3, -0.25) is 9.69 Å². The van der Waals surface area contributed by atoms with Crippen LogP contribution in [-0.4, -0.2) is 35.0 Å². The quantitative estimate of drug-likeness (QED) is 0.555. The summed E-state index contributed by atoms with van der Waals surface area (Å²) in [5, 5.41) is 12.7. The summed E-state index contributed by atoms with van der Waals surface area (Å²) in [5.74, 6) is -0.263. The van der Waals surface area contributed by atoms with Crippen LogP contribution < -0.4 is 10.2 Å². The molecule has 6 heteroatoms. The molecule has 3 aromatic carbocycles. The first kappa shape index (κ1) is 22.6. The normalized spacial score (nSPS) is 14.8. The van der Waals surface area contributed by atoms with Crippen LogP contribution in [0.15, 0.2) is 72.8 Å². The van der Waals surface area contributed by atoms with Crippen molar-refractivity contribution in [1.82, 2.24) is 4.90 Å². The Bertz CT molecular complexity index is 1160. The van der Waals surface area contributed by atoms with Crippen LogP contribution in [0.1, 0.15) is 46.5 Å². The van der Waals surface area contributed by atoms with Gasteiger partial charge in [-0.1, -0.05) is 42.5 Å². The van der Waals surface area contributed by atoms with E-state index in [9.17, 15) is 14.7 Å². The molecule has 3 aromatic rings. The Morgan fingerprint density at radius 2 is 1.82 bits per heavy atom. The number of aliphatic hydroxyl groups is 1. The number of aliphatic hydroxyl groups excluding tert-OH is 1. The number of urea groups is 1. The minimum Gasteiger partial charge on any atom is -0.389 e. The van der Waals surface area contributed by atoms with E-state index in [1.54, 1.807) is 48.2 Å². The largest absolute Gasteiger partial charge is 0.389 e. The molecule has 1 saturated heterocycles. The van der Waals surface area contributed by atoms with Crippen LogP contribution in [0.2, 0.25) is 0 Å². The lowest BCUT2D eigenvalue weighted by atomic mass is 10.1. The molecule has 0 spiro atoms. The minimum atomic E-state index is -0.613. The van der Waals surface area contributed by atoms with Gasteiger partial charge in [0.1, 0.15) is 0 Å². The van der Waals surface area contributed by atoms with E-state index in [1.165, 1.54) is 5.56 Å². The number of nitrogens with one attached hydrogen (secondary N) is 1. The molecule has 6 nitrogen and oxygen atoms in total. The summed E-state index contributed by atoms with van der Waals surface area (Å²) in [6.07, 6.45) is 0.248. The molecular formula is C27H29N3O3. The van der Waals surface area contributed by atoms with Crippen molar-refractivity contribution in [2.24, 2.45) is 0 Å². The van der Waals surface area contributed by atoms with Crippen LogP contribution >= 0.6 is 0 Å². The predicted octanol–water partition coefficient (Wildman–Crippen LogP) is 5.13. The maximum atomic E-state index is 13.2. The lowest BCUT2D eigenvalue weighted by Crippen LogP contribution is -2.49. The zero-order chi connectivity index (χ0) is 23.4. The first-order valence-corrected chi connectivity index (χ1v) is 11.2. The summed E-state index contributed by atoms with van der Waals surface area (Å²) < 4.78 is 0. The molecule has 33 heavy (non-hydrogen) atoms. The van der Waals surface area contributed by atoms with Crippen molar-refractivity contribution in [1.29, 1.82) is 0 Å². The van der Waals surface area contributed by atoms with E-state index in [4.69, 9.17) is 0 Å². The summed E-state index contributed by atoms with van der Waals surface area (Å²) in [5.41, 5.74) is 4.83. The van der Waals surface area contributed by atoms with Gasteiger partial charge in [-0.05, 0) is 67.3 Å². The molecule has 1 unspecified atom stereocenters. The van der Waals surface area contributed by atoms with E-state index in [2.05, 4.69) is 24.4 Å². The third-order valence-electron chi connectivity index (χ3n) is 5.98.